The first kappa shape index (κ1) is 35.8. The fourth-order valence-electron chi connectivity index (χ4n) is 9.49. The van der Waals surface area contributed by atoms with Crippen LogP contribution in [0.2, 0.25) is 0 Å². The summed E-state index contributed by atoms with van der Waals surface area (Å²) in [6.07, 6.45) is 1.25. The van der Waals surface area contributed by atoms with Crippen LogP contribution in [0.25, 0.3) is 105 Å². The average molecular weight is 775 g/mol. The summed E-state index contributed by atoms with van der Waals surface area (Å²) in [4.78, 5) is 15.9. The van der Waals surface area contributed by atoms with Gasteiger partial charge in [0.05, 0.1) is 11.0 Å². The van der Waals surface area contributed by atoms with Crippen molar-refractivity contribution in [1.29, 1.82) is 0 Å². The summed E-state index contributed by atoms with van der Waals surface area (Å²) in [5, 5.41) is 6.73. The Bertz CT molecular complexity index is 3460. The standard InChI is InChI=1S/C52H34N4O.C3H8/c1-52(2)43-24-10-8-18-35(43)38-20-12-21-39(46(38)52)40-22-13-23-41-42-29-26-31-14-6-7-17-34(31)47(42)56(48(40)41)51-54-49(32-15-4-3-5-16-32)53-50(55-51)33-27-28-37-36-19-9-11-25-44(36)57-45(37)30-33;1-3-2/h3-30H,1-2H3;3H2,1-2H3. The summed E-state index contributed by atoms with van der Waals surface area (Å²) < 4.78 is 8.66. The number of rotatable bonds is 4. The number of hydrogen-bond acceptors (Lipinski definition) is 4. The number of aromatic nitrogens is 4. The van der Waals surface area contributed by atoms with Gasteiger partial charge < -0.3 is 4.42 Å². The van der Waals surface area contributed by atoms with Gasteiger partial charge in [-0.3, -0.25) is 4.57 Å². The van der Waals surface area contributed by atoms with Crippen LogP contribution in [-0.4, -0.2) is 19.5 Å². The molecule has 5 nitrogen and oxygen atoms in total. The second-order valence-corrected chi connectivity index (χ2v) is 16.3. The molecule has 3 aromatic heterocycles. The van der Waals surface area contributed by atoms with E-state index in [2.05, 4.69) is 166 Å². The van der Waals surface area contributed by atoms with Gasteiger partial charge in [0.1, 0.15) is 11.2 Å². The first-order valence-corrected chi connectivity index (χ1v) is 20.9. The molecule has 3 heterocycles. The lowest BCUT2D eigenvalue weighted by molar-refractivity contribution is 0.662. The van der Waals surface area contributed by atoms with Crippen LogP contribution in [0.15, 0.2) is 174 Å². The van der Waals surface area contributed by atoms with Gasteiger partial charge in [0, 0.05) is 49.0 Å². The fourth-order valence-corrected chi connectivity index (χ4v) is 9.49. The van der Waals surface area contributed by atoms with Crippen molar-refractivity contribution in [3.8, 4) is 51.0 Å². The second-order valence-electron chi connectivity index (χ2n) is 16.3. The minimum atomic E-state index is -0.204. The quantitative estimate of drug-likeness (QED) is 0.179. The van der Waals surface area contributed by atoms with Crippen molar-refractivity contribution in [2.24, 2.45) is 0 Å². The molecule has 288 valence electrons. The predicted octanol–water partition coefficient (Wildman–Crippen LogP) is 14.7. The third-order valence-electron chi connectivity index (χ3n) is 12.0. The van der Waals surface area contributed by atoms with Crippen LogP contribution in [0.1, 0.15) is 45.2 Å². The van der Waals surface area contributed by atoms with Gasteiger partial charge in [-0.2, -0.15) is 9.97 Å². The molecule has 0 bridgehead atoms. The van der Waals surface area contributed by atoms with Crippen LogP contribution < -0.4 is 0 Å². The fraction of sp³-hybridized carbons (Fsp3) is 0.109. The van der Waals surface area contributed by atoms with Crippen molar-refractivity contribution < 1.29 is 4.42 Å². The zero-order valence-corrected chi connectivity index (χ0v) is 34.1. The minimum absolute atomic E-state index is 0.204. The molecule has 0 fully saturated rings. The largest absolute Gasteiger partial charge is 0.456 e. The maximum Gasteiger partial charge on any atom is 0.238 e. The van der Waals surface area contributed by atoms with Gasteiger partial charge in [0.2, 0.25) is 5.95 Å². The molecule has 0 N–H and O–H groups in total. The van der Waals surface area contributed by atoms with E-state index < -0.39 is 0 Å². The molecule has 0 saturated heterocycles. The van der Waals surface area contributed by atoms with Crippen molar-refractivity contribution in [3.63, 3.8) is 0 Å². The molecule has 8 aromatic carbocycles. The highest BCUT2D eigenvalue weighted by atomic mass is 16.3. The van der Waals surface area contributed by atoms with E-state index in [1.54, 1.807) is 0 Å². The van der Waals surface area contributed by atoms with Gasteiger partial charge >= 0.3 is 0 Å². The molecule has 0 amide bonds. The number of hydrogen-bond donors (Lipinski definition) is 0. The van der Waals surface area contributed by atoms with Gasteiger partial charge in [-0.15, -0.1) is 0 Å². The molecule has 1 aliphatic rings. The third kappa shape index (κ3) is 5.42. The molecule has 0 aliphatic heterocycles. The summed E-state index contributed by atoms with van der Waals surface area (Å²) >= 11 is 0. The first-order chi connectivity index (χ1) is 29.4. The molecule has 5 heteroatoms. The number of fused-ring (bicyclic) bond motifs is 11. The third-order valence-corrected chi connectivity index (χ3v) is 12.0. The average Bonchev–Trinajstić information content (AvgIpc) is 3.92. The number of benzene rings is 8. The second kappa shape index (κ2) is 13.9. The van der Waals surface area contributed by atoms with E-state index in [0.29, 0.717) is 17.6 Å². The van der Waals surface area contributed by atoms with Crippen molar-refractivity contribution in [2.75, 3.05) is 0 Å². The molecule has 1 aliphatic carbocycles. The van der Waals surface area contributed by atoms with Gasteiger partial charge in [0.15, 0.2) is 11.6 Å². The molecule has 60 heavy (non-hydrogen) atoms. The molecule has 0 saturated carbocycles. The summed E-state index contributed by atoms with van der Waals surface area (Å²) in [7, 11) is 0. The number of furan rings is 1. The molecule has 0 radical (unpaired) electrons. The molecule has 0 unspecified atom stereocenters. The van der Waals surface area contributed by atoms with E-state index in [1.807, 2.05) is 36.4 Å². The van der Waals surface area contributed by atoms with E-state index in [4.69, 9.17) is 19.4 Å². The van der Waals surface area contributed by atoms with Gasteiger partial charge in [-0.1, -0.05) is 186 Å². The molecule has 11 aromatic rings. The molecule has 0 atom stereocenters. The maximum absolute atomic E-state index is 6.36. The van der Waals surface area contributed by atoms with E-state index in [-0.39, 0.29) is 5.41 Å². The first-order valence-electron chi connectivity index (χ1n) is 20.9. The Balaban J connectivity index is 0.00000132. The molecular formula is C55H42N4O. The van der Waals surface area contributed by atoms with Crippen molar-refractivity contribution in [3.05, 3.63) is 181 Å². The zero-order chi connectivity index (χ0) is 40.5. The minimum Gasteiger partial charge on any atom is -0.456 e. The van der Waals surface area contributed by atoms with Crippen molar-refractivity contribution >= 4 is 54.5 Å². The Labute approximate surface area is 348 Å². The Morgan fingerprint density at radius 1 is 0.467 bits per heavy atom. The Kier molecular flexibility index (Phi) is 8.28. The summed E-state index contributed by atoms with van der Waals surface area (Å²) in [5.74, 6) is 1.74. The van der Waals surface area contributed by atoms with Gasteiger partial charge in [-0.25, -0.2) is 4.98 Å². The highest BCUT2D eigenvalue weighted by molar-refractivity contribution is 6.21. The van der Waals surface area contributed by atoms with Crippen LogP contribution >= 0.6 is 0 Å². The summed E-state index contributed by atoms with van der Waals surface area (Å²) in [6, 6.07) is 60.0. The van der Waals surface area contributed by atoms with E-state index in [1.165, 1.54) is 34.2 Å². The Morgan fingerprint density at radius 2 is 1.05 bits per heavy atom. The monoisotopic (exact) mass is 774 g/mol. The van der Waals surface area contributed by atoms with E-state index >= 15 is 0 Å². The topological polar surface area (TPSA) is 56.7 Å². The van der Waals surface area contributed by atoms with Crippen LogP contribution in [0.5, 0.6) is 0 Å². The van der Waals surface area contributed by atoms with Crippen molar-refractivity contribution in [1.82, 2.24) is 19.5 Å². The lowest BCUT2D eigenvalue weighted by Gasteiger charge is -2.25. The van der Waals surface area contributed by atoms with Gasteiger partial charge in [0.25, 0.3) is 0 Å². The van der Waals surface area contributed by atoms with E-state index in [0.717, 1.165) is 71.2 Å². The van der Waals surface area contributed by atoms with Crippen LogP contribution in [0, 0.1) is 0 Å². The van der Waals surface area contributed by atoms with E-state index in [9.17, 15) is 0 Å². The normalized spacial score (nSPS) is 12.9. The molecule has 12 rings (SSSR count). The predicted molar refractivity (Wildman–Crippen MR) is 249 cm³/mol. The lowest BCUT2D eigenvalue weighted by atomic mass is 9.78. The Morgan fingerprint density at radius 3 is 1.88 bits per heavy atom. The Hall–Kier alpha value is -7.37. The number of para-hydroxylation sites is 2. The molecular weight excluding hydrogens is 733 g/mol. The SMILES string of the molecule is CC1(C)c2ccccc2-c2cccc(-c3cccc4c5ccc6ccccc6c5n(-c5nc(-c6ccccc6)nc(-c6ccc7c(c6)oc6ccccc67)n5)c34)c21.CCC. The lowest BCUT2D eigenvalue weighted by Crippen LogP contribution is -2.16. The highest BCUT2D eigenvalue weighted by Gasteiger charge is 2.38. The van der Waals surface area contributed by atoms with Crippen LogP contribution in [-0.2, 0) is 5.41 Å². The highest BCUT2D eigenvalue weighted by Crippen LogP contribution is 2.53. The van der Waals surface area contributed by atoms with Gasteiger partial charge in [-0.05, 0) is 51.4 Å². The smallest absolute Gasteiger partial charge is 0.238 e. The van der Waals surface area contributed by atoms with Crippen LogP contribution in [0.4, 0.5) is 0 Å². The summed E-state index contributed by atoms with van der Waals surface area (Å²) in [5.41, 5.74) is 13.0. The zero-order valence-electron chi connectivity index (χ0n) is 34.1. The summed E-state index contributed by atoms with van der Waals surface area (Å²) in [6.45, 7) is 8.96. The van der Waals surface area contributed by atoms with Crippen molar-refractivity contribution in [2.45, 2.75) is 39.5 Å². The maximum atomic E-state index is 6.36. The van der Waals surface area contributed by atoms with Crippen LogP contribution in [0.3, 0.4) is 0 Å². The molecule has 0 spiro atoms. The number of nitrogens with zero attached hydrogens (tertiary/aromatic N) is 4.